The fraction of sp³-hybridized carbons (Fsp3) is 0.948. The molecular weight excluding hydrogens is 852 g/mol. The number of quaternary nitrogens is 1. The van der Waals surface area contributed by atoms with Crippen LogP contribution in [-0.4, -0.2) is 68.5 Å². The zero-order chi connectivity index (χ0) is 49.2. The SMILES string of the molecule is CCCCCCCCCCCCCC/C=C\CCCCCCCCCCCCCC(=O)NC(COP(=O)([O-])OCC[N+](C)(C)C)C(O)CCCCCCCCCCCCCCCCCCCC. The van der Waals surface area contributed by atoms with E-state index in [1.54, 1.807) is 0 Å². The monoisotopic (exact) mass is 969 g/mol. The lowest BCUT2D eigenvalue weighted by atomic mass is 10.0. The van der Waals surface area contributed by atoms with Crippen LogP contribution in [-0.2, 0) is 18.4 Å². The van der Waals surface area contributed by atoms with E-state index in [4.69, 9.17) is 9.05 Å². The number of unbranched alkanes of at least 4 members (excludes halogenated alkanes) is 40. The number of likely N-dealkylation sites (N-methyl/N-ethyl adjacent to an activating group) is 1. The molecule has 0 aliphatic rings. The number of amides is 1. The standard InChI is InChI=1S/C58H117N2O6P/c1-6-8-10-12-14-16-18-20-22-24-26-27-28-29-30-31-32-33-34-36-38-40-42-44-46-48-50-52-58(62)59-56(55-66-67(63,64)65-54-53-60(3,4)5)57(61)51-49-47-45-43-41-39-37-35-25-23-21-19-17-15-13-11-9-7-2/h29-30,56-57,61H,6-28,31-55H2,1-5H3,(H-,59,62,63,64)/b30-29-. The third-order valence-electron chi connectivity index (χ3n) is 13.8. The lowest BCUT2D eigenvalue weighted by molar-refractivity contribution is -0.870. The molecule has 0 aromatic heterocycles. The van der Waals surface area contributed by atoms with Gasteiger partial charge in [-0.2, -0.15) is 0 Å². The number of hydrogen-bond donors (Lipinski definition) is 2. The fourth-order valence-corrected chi connectivity index (χ4v) is 9.82. The van der Waals surface area contributed by atoms with E-state index < -0.39 is 20.0 Å². The molecule has 0 radical (unpaired) electrons. The molecule has 0 aromatic carbocycles. The number of aliphatic hydroxyl groups is 1. The van der Waals surface area contributed by atoms with Gasteiger partial charge in [0.15, 0.2) is 0 Å². The topological polar surface area (TPSA) is 108 Å². The van der Waals surface area contributed by atoms with E-state index in [0.29, 0.717) is 23.9 Å². The van der Waals surface area contributed by atoms with E-state index in [1.165, 1.54) is 238 Å². The van der Waals surface area contributed by atoms with Crippen LogP contribution >= 0.6 is 7.82 Å². The average Bonchev–Trinajstić information content (AvgIpc) is 3.29. The third kappa shape index (κ3) is 52.9. The summed E-state index contributed by atoms with van der Waals surface area (Å²) in [6, 6.07) is -0.798. The Labute approximate surface area is 418 Å². The molecule has 0 rings (SSSR count). The van der Waals surface area contributed by atoms with E-state index >= 15 is 0 Å². The van der Waals surface area contributed by atoms with Crippen LogP contribution in [0.4, 0.5) is 0 Å². The van der Waals surface area contributed by atoms with E-state index in [9.17, 15) is 19.4 Å². The number of carbonyl (C=O) groups excluding carboxylic acids is 1. The molecular formula is C58H117N2O6P. The number of nitrogens with one attached hydrogen (secondary N) is 1. The van der Waals surface area contributed by atoms with Crippen molar-refractivity contribution in [3.8, 4) is 0 Å². The average molecular weight is 970 g/mol. The predicted molar refractivity (Wildman–Crippen MR) is 289 cm³/mol. The van der Waals surface area contributed by atoms with Gasteiger partial charge in [-0.15, -0.1) is 0 Å². The van der Waals surface area contributed by atoms with Crippen molar-refractivity contribution in [3.05, 3.63) is 12.2 Å². The van der Waals surface area contributed by atoms with Crippen molar-refractivity contribution < 1.29 is 32.9 Å². The third-order valence-corrected chi connectivity index (χ3v) is 14.7. The number of hydrogen-bond acceptors (Lipinski definition) is 6. The summed E-state index contributed by atoms with van der Waals surface area (Å²) in [4.78, 5) is 25.5. The molecule has 2 N–H and O–H groups in total. The molecule has 0 bridgehead atoms. The molecule has 0 saturated carbocycles. The summed E-state index contributed by atoms with van der Waals surface area (Å²) in [6.45, 7) is 4.77. The van der Waals surface area contributed by atoms with Crippen LogP contribution in [0.25, 0.3) is 0 Å². The maximum absolute atomic E-state index is 13.0. The predicted octanol–water partition coefficient (Wildman–Crippen LogP) is 17.2. The van der Waals surface area contributed by atoms with Crippen molar-refractivity contribution in [2.24, 2.45) is 0 Å². The second-order valence-corrected chi connectivity index (χ2v) is 23.1. The first kappa shape index (κ1) is 66.2. The maximum Gasteiger partial charge on any atom is 0.268 e. The zero-order valence-corrected chi connectivity index (χ0v) is 46.5. The Morgan fingerprint density at radius 2 is 0.821 bits per heavy atom. The molecule has 0 aliphatic heterocycles. The van der Waals surface area contributed by atoms with Crippen molar-refractivity contribution in [3.63, 3.8) is 0 Å². The maximum atomic E-state index is 13.0. The molecule has 0 spiro atoms. The van der Waals surface area contributed by atoms with Gasteiger partial charge in [-0.3, -0.25) is 9.36 Å². The Hall–Kier alpha value is -0.760. The molecule has 1 amide bonds. The van der Waals surface area contributed by atoms with Gasteiger partial charge >= 0.3 is 0 Å². The first-order valence-corrected chi connectivity index (χ1v) is 31.0. The van der Waals surface area contributed by atoms with Crippen molar-refractivity contribution in [2.45, 2.75) is 315 Å². The highest BCUT2D eigenvalue weighted by Crippen LogP contribution is 2.38. The van der Waals surface area contributed by atoms with Crippen LogP contribution in [0.3, 0.4) is 0 Å². The summed E-state index contributed by atoms with van der Waals surface area (Å²) < 4.78 is 23.4. The van der Waals surface area contributed by atoms with E-state index in [2.05, 4.69) is 31.3 Å². The van der Waals surface area contributed by atoms with Crippen molar-refractivity contribution in [2.75, 3.05) is 40.9 Å². The number of aliphatic hydroxyl groups excluding tert-OH is 1. The summed E-state index contributed by atoms with van der Waals surface area (Å²) >= 11 is 0. The Balaban J connectivity index is 4.10. The van der Waals surface area contributed by atoms with Crippen LogP contribution in [0.2, 0.25) is 0 Å². The Bertz CT molecular complexity index is 1100. The molecule has 67 heavy (non-hydrogen) atoms. The van der Waals surface area contributed by atoms with Gasteiger partial charge in [0, 0.05) is 6.42 Å². The van der Waals surface area contributed by atoms with Gasteiger partial charge < -0.3 is 28.8 Å². The molecule has 0 saturated heterocycles. The van der Waals surface area contributed by atoms with E-state index in [0.717, 1.165) is 38.5 Å². The second kappa shape index (κ2) is 50.2. The van der Waals surface area contributed by atoms with E-state index in [-0.39, 0.29) is 19.1 Å². The normalized spacial score (nSPS) is 14.0. The molecule has 3 atom stereocenters. The van der Waals surface area contributed by atoms with Gasteiger partial charge in [-0.05, 0) is 38.5 Å². The molecule has 0 aliphatic carbocycles. The van der Waals surface area contributed by atoms with Gasteiger partial charge in [-0.1, -0.05) is 270 Å². The van der Waals surface area contributed by atoms with Gasteiger partial charge in [0.1, 0.15) is 13.2 Å². The summed E-state index contributed by atoms with van der Waals surface area (Å²) in [5.74, 6) is -0.160. The molecule has 9 heteroatoms. The first-order chi connectivity index (χ1) is 32.5. The molecule has 3 unspecified atom stereocenters. The van der Waals surface area contributed by atoms with Gasteiger partial charge in [0.2, 0.25) is 5.91 Å². The highest BCUT2D eigenvalue weighted by atomic mass is 31.2. The first-order valence-electron chi connectivity index (χ1n) is 29.5. The Morgan fingerprint density at radius 1 is 0.507 bits per heavy atom. The molecule has 8 nitrogen and oxygen atoms in total. The molecule has 400 valence electrons. The largest absolute Gasteiger partial charge is 0.756 e. The lowest BCUT2D eigenvalue weighted by Crippen LogP contribution is -2.46. The van der Waals surface area contributed by atoms with Gasteiger partial charge in [0.05, 0.1) is 39.9 Å². The van der Waals surface area contributed by atoms with Gasteiger partial charge in [0.25, 0.3) is 7.82 Å². The molecule has 0 heterocycles. The van der Waals surface area contributed by atoms with Crippen LogP contribution in [0, 0.1) is 0 Å². The van der Waals surface area contributed by atoms with Crippen LogP contribution in [0.15, 0.2) is 12.2 Å². The van der Waals surface area contributed by atoms with Crippen molar-refractivity contribution >= 4 is 13.7 Å². The minimum Gasteiger partial charge on any atom is -0.756 e. The zero-order valence-electron chi connectivity index (χ0n) is 45.6. The summed E-state index contributed by atoms with van der Waals surface area (Å²) in [5, 5.41) is 14.0. The van der Waals surface area contributed by atoms with Gasteiger partial charge in [-0.25, -0.2) is 0 Å². The molecule has 0 fully saturated rings. The highest BCUT2D eigenvalue weighted by Gasteiger charge is 2.24. The fourth-order valence-electron chi connectivity index (χ4n) is 9.10. The number of allylic oxidation sites excluding steroid dienone is 2. The Morgan fingerprint density at radius 3 is 1.16 bits per heavy atom. The number of nitrogens with zero attached hydrogens (tertiary/aromatic N) is 1. The number of rotatable bonds is 55. The minimum atomic E-state index is -4.57. The van der Waals surface area contributed by atoms with Crippen LogP contribution < -0.4 is 10.2 Å². The number of phosphoric ester groups is 1. The number of phosphoric acid groups is 1. The molecule has 0 aromatic rings. The Kier molecular flexibility index (Phi) is 49.6. The van der Waals surface area contributed by atoms with Crippen molar-refractivity contribution in [1.29, 1.82) is 0 Å². The number of carbonyl (C=O) groups is 1. The summed E-state index contributed by atoms with van der Waals surface area (Å²) in [6.07, 6.45) is 61.0. The minimum absolute atomic E-state index is 0.0147. The van der Waals surface area contributed by atoms with Crippen molar-refractivity contribution in [1.82, 2.24) is 5.32 Å². The van der Waals surface area contributed by atoms with E-state index in [1.807, 2.05) is 21.1 Å². The van der Waals surface area contributed by atoms with Crippen LogP contribution in [0.1, 0.15) is 303 Å². The highest BCUT2D eigenvalue weighted by molar-refractivity contribution is 7.45. The second-order valence-electron chi connectivity index (χ2n) is 21.7. The quantitative estimate of drug-likeness (QED) is 0.0272. The van der Waals surface area contributed by atoms with Crippen LogP contribution in [0.5, 0.6) is 0 Å². The summed E-state index contributed by atoms with van der Waals surface area (Å²) in [7, 11) is 1.32. The summed E-state index contributed by atoms with van der Waals surface area (Å²) in [5.41, 5.74) is 0. The smallest absolute Gasteiger partial charge is 0.268 e. The lowest BCUT2D eigenvalue weighted by Gasteiger charge is -2.30.